The van der Waals surface area contributed by atoms with Gasteiger partial charge in [-0.3, -0.25) is 4.79 Å². The van der Waals surface area contributed by atoms with Gasteiger partial charge in [-0.15, -0.1) is 9.89 Å². The van der Waals surface area contributed by atoms with Crippen molar-refractivity contribution in [1.82, 2.24) is 20.5 Å². The number of hydrazone groups is 1. The van der Waals surface area contributed by atoms with Gasteiger partial charge in [0.15, 0.2) is 10.7 Å². The van der Waals surface area contributed by atoms with Crippen molar-refractivity contribution in [2.45, 2.75) is 5.03 Å². The first-order valence-corrected chi connectivity index (χ1v) is 8.90. The third-order valence-corrected chi connectivity index (χ3v) is 4.72. The number of carbonyl (C=O) groups excluding carboxylic acids is 1. The van der Waals surface area contributed by atoms with E-state index >= 15 is 0 Å². The lowest BCUT2D eigenvalue weighted by atomic mass is 10.1. The number of nitrogens with one attached hydrogen (secondary N) is 1. The van der Waals surface area contributed by atoms with E-state index in [0.717, 1.165) is 16.8 Å². The predicted molar refractivity (Wildman–Crippen MR) is 101 cm³/mol. The van der Waals surface area contributed by atoms with Crippen molar-refractivity contribution in [3.05, 3.63) is 77.5 Å². The number of fused-ring (bicyclic) bond motifs is 1. The molecule has 0 saturated heterocycles. The van der Waals surface area contributed by atoms with E-state index in [9.17, 15) is 4.79 Å². The lowest BCUT2D eigenvalue weighted by Crippen LogP contribution is -2.20. The van der Waals surface area contributed by atoms with Crippen molar-refractivity contribution in [2.24, 2.45) is 10.2 Å². The van der Waals surface area contributed by atoms with Crippen LogP contribution in [0, 0.1) is 0 Å². The van der Waals surface area contributed by atoms with Gasteiger partial charge in [-0.1, -0.05) is 72.4 Å². The Bertz CT molecular complexity index is 981. The molecule has 1 N–H and O–H groups in total. The van der Waals surface area contributed by atoms with E-state index in [0.29, 0.717) is 10.8 Å². The zero-order chi connectivity index (χ0) is 17.8. The van der Waals surface area contributed by atoms with Gasteiger partial charge >= 0.3 is 0 Å². The summed E-state index contributed by atoms with van der Waals surface area (Å²) >= 11 is 1.48. The molecule has 1 aliphatic rings. The molecule has 7 nitrogen and oxygen atoms in total. The number of hydrogen-bond donors (Lipinski definition) is 1. The predicted octanol–water partition coefficient (Wildman–Crippen LogP) is 2.40. The summed E-state index contributed by atoms with van der Waals surface area (Å²) in [4.78, 5) is 13.7. The van der Waals surface area contributed by atoms with Crippen LogP contribution in [0.2, 0.25) is 0 Å². The number of amides is 1. The van der Waals surface area contributed by atoms with E-state index in [2.05, 4.69) is 25.9 Å². The summed E-state index contributed by atoms with van der Waals surface area (Å²) in [5.74, 6) is 0.231. The van der Waals surface area contributed by atoms with Gasteiger partial charge in [-0.2, -0.15) is 10.2 Å². The summed E-state index contributed by atoms with van der Waals surface area (Å²) in [6, 6.07) is 19.4. The van der Waals surface area contributed by atoms with Crippen LogP contribution in [0.25, 0.3) is 0 Å². The number of rotatable bonds is 4. The average molecular weight is 362 g/mol. The minimum Gasteiger partial charge on any atom is -0.265 e. The molecule has 1 amide bonds. The van der Waals surface area contributed by atoms with E-state index in [4.69, 9.17) is 0 Å². The topological polar surface area (TPSA) is 84.5 Å². The summed E-state index contributed by atoms with van der Waals surface area (Å²) in [6.45, 7) is 0. The van der Waals surface area contributed by atoms with Gasteiger partial charge in [0, 0.05) is 5.75 Å². The third kappa shape index (κ3) is 3.40. The monoisotopic (exact) mass is 362 g/mol. The molecule has 8 heteroatoms. The number of carbonyl (C=O) groups is 1. The van der Waals surface area contributed by atoms with Crippen molar-refractivity contribution >= 4 is 29.6 Å². The Morgan fingerprint density at radius 1 is 1.12 bits per heavy atom. The molecule has 3 aromatic rings. The molecular formula is C18H14N6OS. The maximum Gasteiger partial charge on any atom is 0.294 e. The molecule has 0 fully saturated rings. The molecule has 26 heavy (non-hydrogen) atoms. The number of nitrogens with zero attached hydrogens (tertiary/aromatic N) is 5. The van der Waals surface area contributed by atoms with Gasteiger partial charge in [0.25, 0.3) is 5.91 Å². The largest absolute Gasteiger partial charge is 0.294 e. The molecule has 0 radical (unpaired) electrons. The molecule has 0 unspecified atom stereocenters. The molecule has 0 atom stereocenters. The molecule has 0 bridgehead atoms. The first-order valence-electron chi connectivity index (χ1n) is 7.91. The Balaban J connectivity index is 1.50. The van der Waals surface area contributed by atoms with Gasteiger partial charge < -0.3 is 0 Å². The fraction of sp³-hybridized carbons (Fsp3) is 0.0556. The Morgan fingerprint density at radius 2 is 1.85 bits per heavy atom. The van der Waals surface area contributed by atoms with Crippen molar-refractivity contribution in [3.63, 3.8) is 0 Å². The number of thioether (sulfide) groups is 1. The van der Waals surface area contributed by atoms with E-state index in [1.807, 2.05) is 60.7 Å². The molecule has 1 aromatic heterocycles. The van der Waals surface area contributed by atoms with Crippen LogP contribution in [0.4, 0.5) is 0 Å². The van der Waals surface area contributed by atoms with Crippen LogP contribution in [-0.2, 0) is 0 Å². The van der Waals surface area contributed by atoms with Gasteiger partial charge in [0.05, 0.1) is 11.9 Å². The molecule has 2 aromatic carbocycles. The van der Waals surface area contributed by atoms with Gasteiger partial charge in [0.1, 0.15) is 0 Å². The first-order chi connectivity index (χ1) is 12.8. The summed E-state index contributed by atoms with van der Waals surface area (Å²) in [5, 5.41) is 17.0. The second-order valence-electron chi connectivity index (χ2n) is 5.44. The Labute approximate surface area is 153 Å². The zero-order valence-electron chi connectivity index (χ0n) is 13.6. The second kappa shape index (κ2) is 7.32. The lowest BCUT2D eigenvalue weighted by Gasteiger charge is -2.12. The minimum atomic E-state index is -0.413. The third-order valence-electron chi connectivity index (χ3n) is 3.68. The highest BCUT2D eigenvalue weighted by Gasteiger charge is 2.24. The summed E-state index contributed by atoms with van der Waals surface area (Å²) in [5.41, 5.74) is 5.51. The van der Waals surface area contributed by atoms with Crippen LogP contribution >= 0.6 is 11.8 Å². The van der Waals surface area contributed by atoms with Crippen molar-refractivity contribution < 1.29 is 4.79 Å². The highest BCUT2D eigenvalue weighted by molar-refractivity contribution is 8.00. The quantitative estimate of drug-likeness (QED) is 0.570. The van der Waals surface area contributed by atoms with Crippen LogP contribution in [-0.4, -0.2) is 38.7 Å². The standard InChI is InChI=1S/C18H14N6OS/c25-17(21-19-11-13-7-3-1-4-8-13)16-18-24(23-20-16)22-15(12-26-18)14-9-5-2-6-10-14/h1-11H,12H2,(H,21,25). The Kier molecular flexibility index (Phi) is 4.57. The molecule has 128 valence electrons. The average Bonchev–Trinajstić information content (AvgIpc) is 3.13. The van der Waals surface area contributed by atoms with Crippen LogP contribution in [0.5, 0.6) is 0 Å². The van der Waals surface area contributed by atoms with Gasteiger partial charge in [0.2, 0.25) is 0 Å². The Morgan fingerprint density at radius 3 is 2.62 bits per heavy atom. The Hall–Kier alpha value is -3.26. The van der Waals surface area contributed by atoms with Crippen LogP contribution in [0.15, 0.2) is 75.9 Å². The van der Waals surface area contributed by atoms with Crippen molar-refractivity contribution in [3.8, 4) is 0 Å². The molecule has 0 saturated carbocycles. The number of benzene rings is 2. The molecule has 0 spiro atoms. The molecular weight excluding hydrogens is 348 g/mol. The molecule has 1 aliphatic heterocycles. The first kappa shape index (κ1) is 16.2. The SMILES string of the molecule is O=C(NN=Cc1ccccc1)c1nnn2c1SCC(c1ccccc1)=N2. The van der Waals surface area contributed by atoms with Gasteiger partial charge in [-0.25, -0.2) is 5.43 Å². The highest BCUT2D eigenvalue weighted by Crippen LogP contribution is 2.26. The number of aromatic nitrogens is 3. The smallest absolute Gasteiger partial charge is 0.265 e. The molecule has 0 aliphatic carbocycles. The van der Waals surface area contributed by atoms with E-state index in [1.54, 1.807) is 6.21 Å². The highest BCUT2D eigenvalue weighted by atomic mass is 32.2. The van der Waals surface area contributed by atoms with Gasteiger partial charge in [-0.05, 0) is 16.3 Å². The number of hydrogen-bond acceptors (Lipinski definition) is 6. The molecule has 2 heterocycles. The van der Waals surface area contributed by atoms with E-state index < -0.39 is 5.91 Å². The fourth-order valence-electron chi connectivity index (χ4n) is 2.41. The lowest BCUT2D eigenvalue weighted by molar-refractivity contribution is 0.0947. The molecule has 4 rings (SSSR count). The van der Waals surface area contributed by atoms with Crippen LogP contribution < -0.4 is 5.43 Å². The van der Waals surface area contributed by atoms with Crippen LogP contribution in [0.3, 0.4) is 0 Å². The fourth-order valence-corrected chi connectivity index (χ4v) is 3.37. The summed E-state index contributed by atoms with van der Waals surface area (Å²) < 4.78 is 0. The van der Waals surface area contributed by atoms with Crippen molar-refractivity contribution in [2.75, 3.05) is 5.75 Å². The van der Waals surface area contributed by atoms with Crippen molar-refractivity contribution in [1.29, 1.82) is 0 Å². The normalized spacial score (nSPS) is 13.3. The maximum atomic E-state index is 12.3. The van der Waals surface area contributed by atoms with E-state index in [1.165, 1.54) is 16.6 Å². The summed E-state index contributed by atoms with van der Waals surface area (Å²) in [6.07, 6.45) is 1.58. The summed E-state index contributed by atoms with van der Waals surface area (Å²) in [7, 11) is 0. The zero-order valence-corrected chi connectivity index (χ0v) is 14.4. The minimum absolute atomic E-state index is 0.219. The second-order valence-corrected chi connectivity index (χ2v) is 6.41. The maximum absolute atomic E-state index is 12.3. The van der Waals surface area contributed by atoms with Crippen LogP contribution in [0.1, 0.15) is 21.6 Å². The van der Waals surface area contributed by atoms with E-state index in [-0.39, 0.29) is 5.69 Å².